The molecular weight excluding hydrogens is 1300 g/mol. The maximum Gasteiger partial charge on any atom is 0.315 e. The van der Waals surface area contributed by atoms with Crippen LogP contribution in [0.5, 0.6) is 0 Å². The molecule has 0 aromatic carbocycles. The molecule has 0 amide bonds. The van der Waals surface area contributed by atoms with Crippen molar-refractivity contribution < 1.29 is 163 Å². The van der Waals surface area contributed by atoms with E-state index < -0.39 is 262 Å². The zero-order chi connectivity index (χ0) is 70.9. The van der Waals surface area contributed by atoms with Gasteiger partial charge in [-0.2, -0.15) is 0 Å². The molecule has 6 heterocycles. The van der Waals surface area contributed by atoms with Crippen LogP contribution in [0.3, 0.4) is 0 Å². The lowest BCUT2D eigenvalue weighted by Crippen LogP contribution is -2.71. The van der Waals surface area contributed by atoms with Gasteiger partial charge < -0.3 is 154 Å². The van der Waals surface area contributed by atoms with Crippen molar-refractivity contribution in [1.82, 2.24) is 0 Å². The van der Waals surface area contributed by atoms with Crippen LogP contribution in [0.15, 0.2) is 11.6 Å². The summed E-state index contributed by atoms with van der Waals surface area (Å²) in [7, 11) is 0. The molecule has 6 aliphatic heterocycles. The number of aliphatic hydroxyl groups is 18. The summed E-state index contributed by atoms with van der Waals surface area (Å²) in [5, 5.41) is 209. The van der Waals surface area contributed by atoms with Gasteiger partial charge in [-0.1, -0.05) is 39.3 Å². The molecule has 11 rings (SSSR count). The monoisotopic (exact) mass is 1400 g/mol. The van der Waals surface area contributed by atoms with E-state index in [9.17, 15) is 102 Å². The number of carboxylic acids is 1. The van der Waals surface area contributed by atoms with Gasteiger partial charge >= 0.3 is 11.9 Å². The predicted octanol–water partition coefficient (Wildman–Crippen LogP) is -6.04. The fourth-order valence-corrected chi connectivity index (χ4v) is 19.0. The van der Waals surface area contributed by atoms with Crippen molar-refractivity contribution in [3.8, 4) is 0 Å². The minimum absolute atomic E-state index is 0.00992. The quantitative estimate of drug-likeness (QED) is 0.0366. The first kappa shape index (κ1) is 75.7. The molecule has 10 fully saturated rings. The van der Waals surface area contributed by atoms with Crippen LogP contribution in [0.2, 0.25) is 0 Å². The highest BCUT2D eigenvalue weighted by Crippen LogP contribution is 2.76. The smallest absolute Gasteiger partial charge is 0.315 e. The molecule has 5 aliphatic carbocycles. The second-order valence-electron chi connectivity index (χ2n) is 30.9. The number of fused-ring (bicyclic) bond motifs is 7. The molecule has 33 heteroatoms. The van der Waals surface area contributed by atoms with Crippen molar-refractivity contribution in [2.24, 2.45) is 50.2 Å². The third-order valence-electron chi connectivity index (χ3n) is 25.0. The predicted molar refractivity (Wildman–Crippen MR) is 318 cm³/mol. The number of hydrogen-bond donors (Lipinski definition) is 19. The van der Waals surface area contributed by atoms with E-state index in [1.54, 1.807) is 0 Å². The van der Waals surface area contributed by atoms with Crippen molar-refractivity contribution in [3.63, 3.8) is 0 Å². The molecule has 37 atom stereocenters. The van der Waals surface area contributed by atoms with Gasteiger partial charge in [0.1, 0.15) is 115 Å². The number of carbonyl (C=O) groups excluding carboxylic acids is 1. The van der Waals surface area contributed by atoms with E-state index in [0.717, 1.165) is 5.57 Å². The van der Waals surface area contributed by atoms with Crippen molar-refractivity contribution in [3.05, 3.63) is 11.6 Å². The minimum atomic E-state index is -2.15. The van der Waals surface area contributed by atoms with Crippen LogP contribution in [0.25, 0.3) is 0 Å². The number of ether oxygens (including phenoxy) is 12. The van der Waals surface area contributed by atoms with E-state index >= 15 is 4.79 Å². The van der Waals surface area contributed by atoms with Gasteiger partial charge in [-0.05, 0) is 113 Å². The Hall–Kier alpha value is -2.48. The first-order chi connectivity index (χ1) is 45.5. The van der Waals surface area contributed by atoms with Crippen LogP contribution in [0.1, 0.15) is 106 Å². The zero-order valence-corrected chi connectivity index (χ0v) is 55.3. The molecule has 6 saturated heterocycles. The highest BCUT2D eigenvalue weighted by molar-refractivity contribution is 5.79. The summed E-state index contributed by atoms with van der Waals surface area (Å²) < 4.78 is 71.5. The van der Waals surface area contributed by atoms with Crippen LogP contribution >= 0.6 is 0 Å². The molecule has 11 aliphatic rings. The van der Waals surface area contributed by atoms with Gasteiger partial charge in [0.15, 0.2) is 37.6 Å². The zero-order valence-electron chi connectivity index (χ0n) is 55.3. The summed E-state index contributed by atoms with van der Waals surface area (Å²) in [4.78, 5) is 29.5. The minimum Gasteiger partial charge on any atom is -0.481 e. The van der Waals surface area contributed by atoms with E-state index in [1.807, 2.05) is 6.92 Å². The molecule has 0 aromatic heterocycles. The van der Waals surface area contributed by atoms with Gasteiger partial charge in [0.05, 0.1) is 68.8 Å². The van der Waals surface area contributed by atoms with Gasteiger partial charge in [-0.25, -0.2) is 0 Å². The third kappa shape index (κ3) is 12.5. The molecule has 97 heavy (non-hydrogen) atoms. The molecule has 4 saturated carbocycles. The molecule has 0 bridgehead atoms. The fourth-order valence-electron chi connectivity index (χ4n) is 19.0. The average Bonchev–Trinajstić information content (AvgIpc) is 0.989. The summed E-state index contributed by atoms with van der Waals surface area (Å²) >= 11 is 0. The van der Waals surface area contributed by atoms with Crippen LogP contribution in [0.4, 0.5) is 0 Å². The number of allylic oxidation sites excluding steroid dienone is 1. The van der Waals surface area contributed by atoms with Crippen LogP contribution < -0.4 is 0 Å². The van der Waals surface area contributed by atoms with Gasteiger partial charge in [-0.15, -0.1) is 0 Å². The number of esters is 1. The Bertz CT molecular complexity index is 2800. The third-order valence-corrected chi connectivity index (χ3v) is 25.0. The number of rotatable bonds is 17. The first-order valence-corrected chi connectivity index (χ1v) is 33.8. The summed E-state index contributed by atoms with van der Waals surface area (Å²) in [5.74, 6) is -3.68. The number of hydrogen-bond acceptors (Lipinski definition) is 32. The van der Waals surface area contributed by atoms with Crippen molar-refractivity contribution in [2.45, 2.75) is 284 Å². The Labute approximate surface area is 559 Å². The van der Waals surface area contributed by atoms with E-state index in [-0.39, 0.29) is 43.6 Å². The molecule has 0 unspecified atom stereocenters. The van der Waals surface area contributed by atoms with Crippen LogP contribution in [0, 0.1) is 50.2 Å². The Morgan fingerprint density at radius 1 is 0.546 bits per heavy atom. The Balaban J connectivity index is 0.818. The van der Waals surface area contributed by atoms with E-state index in [0.29, 0.717) is 32.1 Å². The molecule has 556 valence electrons. The molecular formula is C64H102O33. The van der Waals surface area contributed by atoms with Crippen LogP contribution in [-0.4, -0.2) is 326 Å². The second kappa shape index (κ2) is 27.9. The maximum atomic E-state index is 15.7. The normalized spacial score (nSPS) is 54.5. The van der Waals surface area contributed by atoms with Crippen LogP contribution in [-0.2, 0) is 66.4 Å². The standard InChI is InChI=1S/C64H102O33/c1-24-34(70)40(76)47(95-50-44(80)41(77)45(25(2)89-50)93-53-46(94-51-42(78)38(74)35(71)29(18-65)90-51)37(73)31(20-86-53)92-55-48(81)64(85,22-68)23-87-55)54(88-24)97-57(84)62-13-12-58(3,4)16-27(62)26-8-9-32-59(5)17-28(69)49(96-52-43(79)39(75)36(72)30(19-66)91-52)61(7,56(82)83)33(59)10-11-60(32,6)63(26,21-67)15-14-62/h8,24-25,27-55,65-81,85H,9-23H2,1-7H3,(H,82,83)/t24-,25+,27-,28-,29+,30+,31+,32+,33+,34+,35-,36+,37-,38-,39-,40+,41+,42+,43+,44-,45+,46+,47-,48-,49-,50+,51-,52-,53-,54+,55-,59+,60+,61-,62-,63-,64+/m0/s1. The second-order valence-corrected chi connectivity index (χ2v) is 30.9. The lowest BCUT2D eigenvalue weighted by Gasteiger charge is -2.71. The lowest BCUT2D eigenvalue weighted by atomic mass is 9.33. The number of carbonyl (C=O) groups is 2. The Morgan fingerprint density at radius 3 is 1.69 bits per heavy atom. The maximum absolute atomic E-state index is 15.7. The Morgan fingerprint density at radius 2 is 1.10 bits per heavy atom. The highest BCUT2D eigenvalue weighted by atomic mass is 16.8. The molecule has 33 nitrogen and oxygen atoms in total. The topological polar surface area (TPSA) is 529 Å². The molecule has 0 radical (unpaired) electrons. The summed E-state index contributed by atoms with van der Waals surface area (Å²) in [6.07, 6.45) is -43.9. The number of carboxylic acid groups (broad SMARTS) is 1. The number of aliphatic carboxylic acids is 1. The van der Waals surface area contributed by atoms with Gasteiger partial charge in [0.25, 0.3) is 0 Å². The summed E-state index contributed by atoms with van der Waals surface area (Å²) in [6.45, 7) is 8.39. The largest absolute Gasteiger partial charge is 0.481 e. The average molecular weight is 1400 g/mol. The van der Waals surface area contributed by atoms with Crippen molar-refractivity contribution in [1.29, 1.82) is 0 Å². The fraction of sp³-hybridized carbons (Fsp3) is 0.938. The molecule has 19 N–H and O–H groups in total. The lowest BCUT2D eigenvalue weighted by molar-refractivity contribution is -0.390. The van der Waals surface area contributed by atoms with E-state index in [2.05, 4.69) is 26.8 Å². The van der Waals surface area contributed by atoms with Gasteiger partial charge in [0, 0.05) is 5.41 Å². The van der Waals surface area contributed by atoms with Crippen molar-refractivity contribution in [2.75, 3.05) is 39.6 Å². The Kier molecular flexibility index (Phi) is 21.7. The summed E-state index contributed by atoms with van der Waals surface area (Å²) in [5.41, 5.74) is -7.55. The van der Waals surface area contributed by atoms with Gasteiger partial charge in [-0.3, -0.25) is 9.59 Å². The first-order valence-electron chi connectivity index (χ1n) is 33.8. The molecule has 0 aromatic rings. The van der Waals surface area contributed by atoms with E-state index in [1.165, 1.54) is 20.8 Å². The highest BCUT2D eigenvalue weighted by Gasteiger charge is 2.74. The van der Waals surface area contributed by atoms with Crippen molar-refractivity contribution >= 4 is 11.9 Å². The van der Waals surface area contributed by atoms with E-state index in [4.69, 9.17) is 56.8 Å². The van der Waals surface area contributed by atoms with Gasteiger partial charge in [0.2, 0.25) is 6.29 Å². The number of aliphatic hydroxyl groups excluding tert-OH is 17. The SMILES string of the molecule is C[C@@H]1O[C@H](OC(=O)[C@]23CCC(C)(C)C[C@H]2C2=CC[C@@H]4[C@@]5(C)C[C@H](O)[C@H](O[C@@H]6O[C@H](CO)[C@@H](O)[C@H](O)[C@H]6O)[C@@](C)(C(=O)O)[C@@H]5CC[C@@]4(C)[C@]2(CO)CC3)[C@@H](O[C@H]2O[C@H](C)[C@@H](O[C@@H]3OC[C@@H](O[C@@H]4OC[C@](O)(CO)[C@H]4O)[C@H](O)[C@H]3O[C@@H]3O[C@H](CO)[C@H](O)[C@H](O)[C@H]3O)[C@H](O)[C@@H]2O)[C@H](O)[C@@H]1O. The summed E-state index contributed by atoms with van der Waals surface area (Å²) in [6, 6.07) is 0. The molecule has 0 spiro atoms.